The summed E-state index contributed by atoms with van der Waals surface area (Å²) in [5.41, 5.74) is 2.74. The molecule has 0 saturated carbocycles. The van der Waals surface area contributed by atoms with Crippen molar-refractivity contribution in [2.75, 3.05) is 27.3 Å². The summed E-state index contributed by atoms with van der Waals surface area (Å²) in [7, 11) is -0.252. The van der Waals surface area contributed by atoms with E-state index in [1.807, 2.05) is 56.3 Å². The number of hydrogen-bond acceptors (Lipinski definition) is 5. The van der Waals surface area contributed by atoms with Gasteiger partial charge < -0.3 is 14.8 Å². The highest BCUT2D eigenvalue weighted by Crippen LogP contribution is 2.30. The van der Waals surface area contributed by atoms with E-state index >= 15 is 0 Å². The number of benzene rings is 2. The molecule has 0 aromatic heterocycles. The highest BCUT2D eigenvalue weighted by atomic mass is 32.2. The van der Waals surface area contributed by atoms with E-state index in [2.05, 4.69) is 5.32 Å². The SMILES string of the molecule is COc1ccc([C@@H](C)NC(=O)C2CCN(S(=O)(=O)Cc3cccc(C)c3)CC2)cc1OC. The van der Waals surface area contributed by atoms with E-state index < -0.39 is 10.0 Å². The van der Waals surface area contributed by atoms with Gasteiger partial charge in [-0.1, -0.05) is 35.9 Å². The Kier molecular flexibility index (Phi) is 7.79. The molecule has 0 radical (unpaired) electrons. The Bertz CT molecular complexity index is 1050. The third kappa shape index (κ3) is 5.81. The van der Waals surface area contributed by atoms with Gasteiger partial charge in [0.25, 0.3) is 0 Å². The minimum atomic E-state index is -3.41. The van der Waals surface area contributed by atoms with Gasteiger partial charge in [-0.15, -0.1) is 0 Å². The van der Waals surface area contributed by atoms with Gasteiger partial charge in [0.1, 0.15) is 0 Å². The Balaban J connectivity index is 1.56. The molecule has 174 valence electrons. The smallest absolute Gasteiger partial charge is 0.223 e. The average Bonchev–Trinajstić information content (AvgIpc) is 2.78. The summed E-state index contributed by atoms with van der Waals surface area (Å²) in [6.45, 7) is 4.58. The lowest BCUT2D eigenvalue weighted by Gasteiger charge is -2.31. The molecule has 0 unspecified atom stereocenters. The number of rotatable bonds is 8. The Labute approximate surface area is 190 Å². The predicted octanol–water partition coefficient (Wildman–Crippen LogP) is 3.43. The van der Waals surface area contributed by atoms with Crippen molar-refractivity contribution in [3.63, 3.8) is 0 Å². The summed E-state index contributed by atoms with van der Waals surface area (Å²) >= 11 is 0. The minimum absolute atomic E-state index is 0.0120. The molecule has 1 amide bonds. The summed E-state index contributed by atoms with van der Waals surface area (Å²) < 4.78 is 37.8. The molecular formula is C24H32N2O5S. The van der Waals surface area contributed by atoms with Crippen molar-refractivity contribution in [2.45, 2.75) is 38.5 Å². The van der Waals surface area contributed by atoms with Crippen LogP contribution in [0.4, 0.5) is 0 Å². The molecule has 0 bridgehead atoms. The fourth-order valence-corrected chi connectivity index (χ4v) is 5.59. The number of aryl methyl sites for hydroxylation is 1. The quantitative estimate of drug-likeness (QED) is 0.652. The molecule has 8 heteroatoms. The van der Waals surface area contributed by atoms with Crippen molar-refractivity contribution in [2.24, 2.45) is 5.92 Å². The molecular weight excluding hydrogens is 428 g/mol. The van der Waals surface area contributed by atoms with Gasteiger partial charge in [0, 0.05) is 19.0 Å². The molecule has 0 aliphatic carbocycles. The number of nitrogens with zero attached hydrogens (tertiary/aromatic N) is 1. The first-order chi connectivity index (χ1) is 15.2. The average molecular weight is 461 g/mol. The lowest BCUT2D eigenvalue weighted by atomic mass is 9.96. The number of carbonyl (C=O) groups is 1. The van der Waals surface area contributed by atoms with Crippen molar-refractivity contribution in [1.82, 2.24) is 9.62 Å². The molecule has 1 saturated heterocycles. The van der Waals surface area contributed by atoms with E-state index in [1.54, 1.807) is 14.2 Å². The fourth-order valence-electron chi connectivity index (χ4n) is 4.04. The van der Waals surface area contributed by atoms with E-state index in [4.69, 9.17) is 9.47 Å². The molecule has 1 aliphatic heterocycles. The maximum atomic E-state index is 12.8. The van der Waals surface area contributed by atoms with Gasteiger partial charge in [-0.25, -0.2) is 12.7 Å². The van der Waals surface area contributed by atoms with Crippen LogP contribution in [0.2, 0.25) is 0 Å². The molecule has 32 heavy (non-hydrogen) atoms. The van der Waals surface area contributed by atoms with Gasteiger partial charge in [-0.2, -0.15) is 0 Å². The predicted molar refractivity (Wildman–Crippen MR) is 124 cm³/mol. The fraction of sp³-hybridized carbons (Fsp3) is 0.458. The molecule has 3 rings (SSSR count). The normalized spacial score (nSPS) is 16.4. The first-order valence-electron chi connectivity index (χ1n) is 10.8. The summed E-state index contributed by atoms with van der Waals surface area (Å²) in [5, 5.41) is 3.05. The number of piperidine rings is 1. The standard InChI is InChI=1S/C24H32N2O5S/c1-17-6-5-7-19(14-17)16-32(28,29)26-12-10-20(11-13-26)24(27)25-18(2)21-8-9-22(30-3)23(15-21)31-4/h5-9,14-15,18,20H,10-13,16H2,1-4H3,(H,25,27)/t18-/m1/s1. The lowest BCUT2D eigenvalue weighted by molar-refractivity contribution is -0.126. The molecule has 2 aromatic rings. The van der Waals surface area contributed by atoms with Crippen LogP contribution in [0.5, 0.6) is 11.5 Å². The van der Waals surface area contributed by atoms with Crippen molar-refractivity contribution < 1.29 is 22.7 Å². The molecule has 1 heterocycles. The molecule has 0 spiro atoms. The number of ether oxygens (including phenoxy) is 2. The monoisotopic (exact) mass is 460 g/mol. The zero-order valence-electron chi connectivity index (χ0n) is 19.1. The number of hydrogen-bond donors (Lipinski definition) is 1. The number of nitrogens with one attached hydrogen (secondary N) is 1. The molecule has 1 atom stereocenters. The van der Waals surface area contributed by atoms with Crippen LogP contribution in [0.25, 0.3) is 0 Å². The van der Waals surface area contributed by atoms with Crippen LogP contribution >= 0.6 is 0 Å². The van der Waals surface area contributed by atoms with Gasteiger partial charge in [-0.05, 0) is 49.9 Å². The Morgan fingerprint density at radius 3 is 2.41 bits per heavy atom. The maximum Gasteiger partial charge on any atom is 0.223 e. The van der Waals surface area contributed by atoms with Gasteiger partial charge in [0.15, 0.2) is 11.5 Å². The number of carbonyl (C=O) groups excluding carboxylic acids is 1. The van der Waals surface area contributed by atoms with Crippen LogP contribution in [0.1, 0.15) is 42.5 Å². The zero-order chi connectivity index (χ0) is 23.3. The number of sulfonamides is 1. The summed E-state index contributed by atoms with van der Waals surface area (Å²) in [4.78, 5) is 12.8. The van der Waals surface area contributed by atoms with Gasteiger partial charge in [-0.3, -0.25) is 4.79 Å². The molecule has 1 N–H and O–H groups in total. The molecule has 2 aromatic carbocycles. The number of methoxy groups -OCH3 is 2. The zero-order valence-corrected chi connectivity index (χ0v) is 19.9. The van der Waals surface area contributed by atoms with Crippen LogP contribution in [0.15, 0.2) is 42.5 Å². The highest BCUT2D eigenvalue weighted by molar-refractivity contribution is 7.88. The van der Waals surface area contributed by atoms with Gasteiger partial charge >= 0.3 is 0 Å². The van der Waals surface area contributed by atoms with E-state index in [0.29, 0.717) is 37.4 Å². The number of amides is 1. The second kappa shape index (κ2) is 10.4. The third-order valence-electron chi connectivity index (χ3n) is 5.92. The Morgan fingerprint density at radius 1 is 1.09 bits per heavy atom. The third-order valence-corrected chi connectivity index (χ3v) is 7.77. The first kappa shape index (κ1) is 24.1. The topological polar surface area (TPSA) is 84.9 Å². The summed E-state index contributed by atoms with van der Waals surface area (Å²) in [6, 6.07) is 12.9. The Hall–Kier alpha value is -2.58. The van der Waals surface area contributed by atoms with E-state index in [9.17, 15) is 13.2 Å². The van der Waals surface area contributed by atoms with Crippen molar-refractivity contribution >= 4 is 15.9 Å². The van der Waals surface area contributed by atoms with E-state index in [0.717, 1.165) is 16.7 Å². The van der Waals surface area contributed by atoms with Crippen LogP contribution < -0.4 is 14.8 Å². The van der Waals surface area contributed by atoms with Crippen LogP contribution in [0.3, 0.4) is 0 Å². The van der Waals surface area contributed by atoms with Gasteiger partial charge in [0.05, 0.1) is 26.0 Å². The highest BCUT2D eigenvalue weighted by Gasteiger charge is 2.31. The van der Waals surface area contributed by atoms with Crippen LogP contribution in [-0.2, 0) is 20.6 Å². The largest absolute Gasteiger partial charge is 0.493 e. The first-order valence-corrected chi connectivity index (χ1v) is 12.4. The van der Waals surface area contributed by atoms with Crippen LogP contribution in [0, 0.1) is 12.8 Å². The Morgan fingerprint density at radius 2 is 1.78 bits per heavy atom. The maximum absolute atomic E-state index is 12.8. The summed E-state index contributed by atoms with van der Waals surface area (Å²) in [6.07, 6.45) is 1.02. The van der Waals surface area contributed by atoms with Crippen molar-refractivity contribution in [1.29, 1.82) is 0 Å². The van der Waals surface area contributed by atoms with Crippen molar-refractivity contribution in [3.05, 3.63) is 59.2 Å². The van der Waals surface area contributed by atoms with E-state index in [1.165, 1.54) is 4.31 Å². The molecule has 7 nitrogen and oxygen atoms in total. The molecule has 1 fully saturated rings. The van der Waals surface area contributed by atoms with E-state index in [-0.39, 0.29) is 23.6 Å². The summed E-state index contributed by atoms with van der Waals surface area (Å²) in [5.74, 6) is 0.972. The minimum Gasteiger partial charge on any atom is -0.493 e. The second-order valence-electron chi connectivity index (χ2n) is 8.26. The lowest BCUT2D eigenvalue weighted by Crippen LogP contribution is -2.43. The van der Waals surface area contributed by atoms with Crippen LogP contribution in [-0.4, -0.2) is 45.9 Å². The second-order valence-corrected chi connectivity index (χ2v) is 10.2. The van der Waals surface area contributed by atoms with Crippen molar-refractivity contribution in [3.8, 4) is 11.5 Å². The molecule has 1 aliphatic rings. The van der Waals surface area contributed by atoms with Gasteiger partial charge in [0.2, 0.25) is 15.9 Å².